The van der Waals surface area contributed by atoms with E-state index < -0.39 is 11.5 Å². The molecule has 0 aromatic heterocycles. The van der Waals surface area contributed by atoms with E-state index in [1.165, 1.54) is 19.4 Å². The Balaban J connectivity index is 2.32. The van der Waals surface area contributed by atoms with Crippen LogP contribution in [0.4, 0.5) is 0 Å². The fourth-order valence-electron chi connectivity index (χ4n) is 1.69. The van der Waals surface area contributed by atoms with Gasteiger partial charge in [-0.2, -0.15) is 0 Å². The molecule has 5 nitrogen and oxygen atoms in total. The summed E-state index contributed by atoms with van der Waals surface area (Å²) in [7, 11) is 0. The Morgan fingerprint density at radius 3 is 2.48 bits per heavy atom. The van der Waals surface area contributed by atoms with Crippen molar-refractivity contribution in [3.8, 4) is 5.75 Å². The van der Waals surface area contributed by atoms with Crippen molar-refractivity contribution in [1.82, 2.24) is 5.32 Å². The minimum Gasteiger partial charge on any atom is -0.494 e. The highest BCUT2D eigenvalue weighted by molar-refractivity contribution is 5.86. The average Bonchev–Trinajstić information content (AvgIpc) is 2.38. The van der Waals surface area contributed by atoms with Gasteiger partial charge in [0.1, 0.15) is 11.3 Å². The quantitative estimate of drug-likeness (QED) is 0.757. The number of aryl methyl sites for hydroxylation is 2. The molecular weight excluding hydrogens is 270 g/mol. The number of ether oxygens (including phenoxy) is 1. The van der Waals surface area contributed by atoms with E-state index in [4.69, 9.17) is 9.84 Å². The van der Waals surface area contributed by atoms with Crippen LogP contribution >= 0.6 is 0 Å². The smallest absolute Gasteiger partial charge is 0.328 e. The molecule has 0 fully saturated rings. The summed E-state index contributed by atoms with van der Waals surface area (Å²) >= 11 is 0. The number of carbonyl (C=O) groups is 2. The van der Waals surface area contributed by atoms with E-state index >= 15 is 0 Å². The number of amides is 1. The molecule has 0 radical (unpaired) electrons. The van der Waals surface area contributed by atoms with E-state index in [0.29, 0.717) is 13.0 Å². The van der Waals surface area contributed by atoms with Gasteiger partial charge in [-0.3, -0.25) is 4.79 Å². The van der Waals surface area contributed by atoms with Crippen LogP contribution in [-0.2, 0) is 9.59 Å². The first-order chi connectivity index (χ1) is 9.72. The molecule has 0 heterocycles. The standard InChI is InChI=1S/C16H23NO4/c1-11-7-8-13(10-12(11)2)21-9-5-6-14(18)17-16(3,4)15(19)20/h7-8,10H,5-6,9H2,1-4H3,(H,17,18)(H,19,20). The van der Waals surface area contributed by atoms with Gasteiger partial charge < -0.3 is 15.2 Å². The summed E-state index contributed by atoms with van der Waals surface area (Å²) in [5.41, 5.74) is 1.12. The molecule has 2 N–H and O–H groups in total. The lowest BCUT2D eigenvalue weighted by atomic mass is 10.1. The Morgan fingerprint density at radius 2 is 1.90 bits per heavy atom. The van der Waals surface area contributed by atoms with Gasteiger partial charge in [0.2, 0.25) is 5.91 Å². The summed E-state index contributed by atoms with van der Waals surface area (Å²) in [5, 5.41) is 11.4. The number of aliphatic carboxylic acids is 1. The van der Waals surface area contributed by atoms with Crippen LogP contribution in [0.15, 0.2) is 18.2 Å². The second-order valence-corrected chi connectivity index (χ2v) is 5.68. The summed E-state index contributed by atoms with van der Waals surface area (Å²) in [6.07, 6.45) is 0.774. The van der Waals surface area contributed by atoms with Gasteiger partial charge in [0, 0.05) is 6.42 Å². The van der Waals surface area contributed by atoms with Crippen LogP contribution in [0.3, 0.4) is 0 Å². The number of hydrogen-bond donors (Lipinski definition) is 2. The minimum atomic E-state index is -1.24. The highest BCUT2D eigenvalue weighted by Crippen LogP contribution is 2.16. The molecule has 0 aliphatic heterocycles. The largest absolute Gasteiger partial charge is 0.494 e. The van der Waals surface area contributed by atoms with Crippen molar-refractivity contribution in [1.29, 1.82) is 0 Å². The first-order valence-electron chi connectivity index (χ1n) is 6.97. The van der Waals surface area contributed by atoms with Gasteiger partial charge in [-0.15, -0.1) is 0 Å². The zero-order valence-electron chi connectivity index (χ0n) is 13.0. The van der Waals surface area contributed by atoms with Gasteiger partial charge in [0.25, 0.3) is 0 Å². The molecule has 0 bridgehead atoms. The second kappa shape index (κ2) is 7.11. The number of nitrogens with one attached hydrogen (secondary N) is 1. The van der Waals surface area contributed by atoms with Crippen LogP contribution in [0.2, 0.25) is 0 Å². The van der Waals surface area contributed by atoms with E-state index in [0.717, 1.165) is 11.3 Å². The molecule has 21 heavy (non-hydrogen) atoms. The molecule has 1 aromatic rings. The first kappa shape index (κ1) is 17.0. The van der Waals surface area contributed by atoms with E-state index in [2.05, 4.69) is 5.32 Å². The Morgan fingerprint density at radius 1 is 1.24 bits per heavy atom. The average molecular weight is 293 g/mol. The molecule has 5 heteroatoms. The monoisotopic (exact) mass is 293 g/mol. The van der Waals surface area contributed by atoms with Crippen LogP contribution in [0.25, 0.3) is 0 Å². The van der Waals surface area contributed by atoms with Crippen molar-refractivity contribution in [2.45, 2.75) is 46.1 Å². The third-order valence-electron chi connectivity index (χ3n) is 3.28. The Hall–Kier alpha value is -2.04. The molecular formula is C16H23NO4. The van der Waals surface area contributed by atoms with Crippen LogP contribution in [0, 0.1) is 13.8 Å². The zero-order valence-corrected chi connectivity index (χ0v) is 13.0. The molecule has 1 aromatic carbocycles. The lowest BCUT2D eigenvalue weighted by Crippen LogP contribution is -2.49. The molecule has 0 saturated heterocycles. The van der Waals surface area contributed by atoms with Crippen molar-refractivity contribution >= 4 is 11.9 Å². The van der Waals surface area contributed by atoms with E-state index in [1.54, 1.807) is 0 Å². The molecule has 0 aliphatic rings. The van der Waals surface area contributed by atoms with Gasteiger partial charge in [-0.25, -0.2) is 4.79 Å². The Bertz CT molecular complexity index is 523. The van der Waals surface area contributed by atoms with E-state index in [9.17, 15) is 9.59 Å². The maximum atomic E-state index is 11.6. The molecule has 0 spiro atoms. The molecule has 0 aliphatic carbocycles. The maximum Gasteiger partial charge on any atom is 0.328 e. The van der Waals surface area contributed by atoms with Crippen LogP contribution in [-0.4, -0.2) is 29.1 Å². The van der Waals surface area contributed by atoms with Crippen LogP contribution in [0.1, 0.15) is 37.8 Å². The maximum absolute atomic E-state index is 11.6. The van der Waals surface area contributed by atoms with Crippen molar-refractivity contribution in [2.24, 2.45) is 0 Å². The highest BCUT2D eigenvalue weighted by Gasteiger charge is 2.28. The molecule has 116 valence electrons. The molecule has 0 unspecified atom stereocenters. The van der Waals surface area contributed by atoms with Gasteiger partial charge in [-0.05, 0) is 57.4 Å². The molecule has 1 amide bonds. The highest BCUT2D eigenvalue weighted by atomic mass is 16.5. The van der Waals surface area contributed by atoms with Gasteiger partial charge in [0.15, 0.2) is 0 Å². The fourth-order valence-corrected chi connectivity index (χ4v) is 1.69. The third-order valence-corrected chi connectivity index (χ3v) is 3.28. The van der Waals surface area contributed by atoms with Crippen LogP contribution < -0.4 is 10.1 Å². The lowest BCUT2D eigenvalue weighted by Gasteiger charge is -2.20. The number of carboxylic acid groups (broad SMARTS) is 1. The van der Waals surface area contributed by atoms with Gasteiger partial charge in [0.05, 0.1) is 6.61 Å². The molecule has 0 atom stereocenters. The summed E-state index contributed by atoms with van der Waals surface area (Å²) < 4.78 is 5.57. The van der Waals surface area contributed by atoms with Crippen molar-refractivity contribution in [3.63, 3.8) is 0 Å². The predicted molar refractivity (Wildman–Crippen MR) is 80.5 cm³/mol. The lowest BCUT2D eigenvalue weighted by molar-refractivity contribution is -0.146. The van der Waals surface area contributed by atoms with Crippen LogP contribution in [0.5, 0.6) is 5.75 Å². The Kier molecular flexibility index (Phi) is 5.76. The minimum absolute atomic E-state index is 0.238. The zero-order chi connectivity index (χ0) is 16.0. The third kappa shape index (κ3) is 5.45. The summed E-state index contributed by atoms with van der Waals surface area (Å²) in [4.78, 5) is 22.5. The fraction of sp³-hybridized carbons (Fsp3) is 0.500. The van der Waals surface area contributed by atoms with E-state index in [1.807, 2.05) is 32.0 Å². The van der Waals surface area contributed by atoms with E-state index in [-0.39, 0.29) is 12.3 Å². The summed E-state index contributed by atoms with van der Waals surface area (Å²) in [5.74, 6) is -0.558. The Labute approximate surface area is 125 Å². The number of carbonyl (C=O) groups excluding carboxylic acids is 1. The summed E-state index contributed by atoms with van der Waals surface area (Å²) in [6, 6.07) is 5.85. The molecule has 1 rings (SSSR count). The van der Waals surface area contributed by atoms with Crippen molar-refractivity contribution in [2.75, 3.05) is 6.61 Å². The second-order valence-electron chi connectivity index (χ2n) is 5.68. The predicted octanol–water partition coefficient (Wildman–Crippen LogP) is 2.44. The van der Waals surface area contributed by atoms with Crippen molar-refractivity contribution in [3.05, 3.63) is 29.3 Å². The van der Waals surface area contributed by atoms with Gasteiger partial charge in [-0.1, -0.05) is 6.07 Å². The number of hydrogen-bond acceptors (Lipinski definition) is 3. The topological polar surface area (TPSA) is 75.6 Å². The first-order valence-corrected chi connectivity index (χ1v) is 6.97. The number of carboxylic acids is 1. The van der Waals surface area contributed by atoms with Crippen molar-refractivity contribution < 1.29 is 19.4 Å². The summed E-state index contributed by atoms with van der Waals surface area (Å²) in [6.45, 7) is 7.39. The van der Waals surface area contributed by atoms with Gasteiger partial charge >= 0.3 is 5.97 Å². The normalized spacial score (nSPS) is 11.0. The SMILES string of the molecule is Cc1ccc(OCCCC(=O)NC(C)(C)C(=O)O)cc1C. The number of rotatable bonds is 7. The number of benzene rings is 1. The molecule has 0 saturated carbocycles.